The number of nitrogens with one attached hydrogen (secondary N) is 1. The number of nitrogens with zero attached hydrogens (tertiary/aromatic N) is 2. The number of hydrogen-bond acceptors (Lipinski definition) is 3. The fourth-order valence-electron chi connectivity index (χ4n) is 2.24. The van der Waals surface area contributed by atoms with Crippen molar-refractivity contribution in [3.8, 4) is 0 Å². The van der Waals surface area contributed by atoms with Gasteiger partial charge in [0.15, 0.2) is 0 Å². The van der Waals surface area contributed by atoms with Crippen molar-refractivity contribution in [3.05, 3.63) is 0 Å². The highest BCUT2D eigenvalue weighted by Gasteiger charge is 2.32. The van der Waals surface area contributed by atoms with Crippen LogP contribution in [0.5, 0.6) is 0 Å². The van der Waals surface area contributed by atoms with Gasteiger partial charge in [0.25, 0.3) is 0 Å². The van der Waals surface area contributed by atoms with Crippen molar-refractivity contribution in [3.63, 3.8) is 0 Å². The van der Waals surface area contributed by atoms with Crippen molar-refractivity contribution in [2.24, 2.45) is 0 Å². The molecule has 1 heterocycles. The topological polar surface area (TPSA) is 18.5 Å². The maximum atomic E-state index is 3.60. The molecule has 3 nitrogen and oxygen atoms in total. The molecule has 0 radical (unpaired) electrons. The van der Waals surface area contributed by atoms with Gasteiger partial charge in [-0.25, -0.2) is 0 Å². The third kappa shape index (κ3) is 4.57. The minimum atomic E-state index is 0.219. The molecule has 0 aromatic heterocycles. The Kier molecular flexibility index (Phi) is 4.61. The average Bonchev–Trinajstić information content (AvgIpc) is 2.17. The smallest absolute Gasteiger partial charge is 0.0277 e. The zero-order chi connectivity index (χ0) is 13.3. The van der Waals surface area contributed by atoms with E-state index in [1.807, 2.05) is 0 Å². The van der Waals surface area contributed by atoms with Gasteiger partial charge >= 0.3 is 0 Å². The second-order valence-corrected chi connectivity index (χ2v) is 7.18. The van der Waals surface area contributed by atoms with Gasteiger partial charge in [0.2, 0.25) is 0 Å². The molecule has 0 aromatic rings. The van der Waals surface area contributed by atoms with Crippen molar-refractivity contribution in [2.75, 3.05) is 33.2 Å². The first kappa shape index (κ1) is 14.9. The zero-order valence-electron chi connectivity index (χ0n) is 12.8. The van der Waals surface area contributed by atoms with Crippen LogP contribution < -0.4 is 5.32 Å². The van der Waals surface area contributed by atoms with E-state index in [0.29, 0.717) is 11.6 Å². The summed E-state index contributed by atoms with van der Waals surface area (Å²) in [6.07, 6.45) is 0. The molecule has 0 aromatic carbocycles. The van der Waals surface area contributed by atoms with Crippen molar-refractivity contribution >= 4 is 0 Å². The van der Waals surface area contributed by atoms with Crippen LogP contribution in [0.2, 0.25) is 0 Å². The maximum Gasteiger partial charge on any atom is 0.0277 e. The molecule has 0 saturated carbocycles. The minimum absolute atomic E-state index is 0.219. The van der Waals surface area contributed by atoms with Gasteiger partial charge in [-0.3, -0.25) is 9.80 Å². The van der Waals surface area contributed by atoms with Gasteiger partial charge in [-0.15, -0.1) is 0 Å². The molecule has 1 unspecified atom stereocenters. The van der Waals surface area contributed by atoms with E-state index in [9.17, 15) is 0 Å². The van der Waals surface area contributed by atoms with Gasteiger partial charge in [-0.1, -0.05) is 0 Å². The molecule has 1 fully saturated rings. The van der Waals surface area contributed by atoms with Gasteiger partial charge in [-0.2, -0.15) is 0 Å². The fraction of sp³-hybridized carbons (Fsp3) is 1.00. The van der Waals surface area contributed by atoms with E-state index in [0.717, 1.165) is 13.1 Å². The van der Waals surface area contributed by atoms with E-state index in [1.165, 1.54) is 13.1 Å². The minimum Gasteiger partial charge on any atom is -0.311 e. The summed E-state index contributed by atoms with van der Waals surface area (Å²) in [6, 6.07) is 0.613. The Bertz CT molecular complexity index is 242. The van der Waals surface area contributed by atoms with Gasteiger partial charge < -0.3 is 5.32 Å². The van der Waals surface area contributed by atoms with E-state index in [1.54, 1.807) is 0 Å². The Balaban J connectivity index is 2.46. The van der Waals surface area contributed by atoms with Crippen LogP contribution in [0.4, 0.5) is 0 Å². The SMILES string of the molecule is CC(CNC(C)(C)C)N1CCN(C)C(C)(C)C1. The summed E-state index contributed by atoms with van der Waals surface area (Å²) >= 11 is 0. The Morgan fingerprint density at radius 1 is 1.24 bits per heavy atom. The molecule has 1 saturated heterocycles. The Labute approximate surface area is 108 Å². The van der Waals surface area contributed by atoms with Gasteiger partial charge in [0.05, 0.1) is 0 Å². The molecule has 1 aliphatic rings. The van der Waals surface area contributed by atoms with Crippen LogP contribution in [-0.4, -0.2) is 60.1 Å². The molecule has 17 heavy (non-hydrogen) atoms. The molecule has 0 amide bonds. The standard InChI is InChI=1S/C14H31N3/c1-12(10-15-13(2,3)4)17-9-8-16(7)14(5,6)11-17/h12,15H,8-11H2,1-7H3. The van der Waals surface area contributed by atoms with Crippen molar-refractivity contribution in [1.29, 1.82) is 0 Å². The molecule has 0 aliphatic carbocycles. The Morgan fingerprint density at radius 3 is 2.29 bits per heavy atom. The van der Waals surface area contributed by atoms with Crippen LogP contribution in [0.3, 0.4) is 0 Å². The predicted molar refractivity (Wildman–Crippen MR) is 75.5 cm³/mol. The normalized spacial score (nSPS) is 24.9. The Morgan fingerprint density at radius 2 is 1.82 bits per heavy atom. The van der Waals surface area contributed by atoms with Crippen molar-refractivity contribution in [1.82, 2.24) is 15.1 Å². The number of piperazine rings is 1. The predicted octanol–water partition coefficient (Wildman–Crippen LogP) is 1.79. The average molecular weight is 241 g/mol. The lowest BCUT2D eigenvalue weighted by atomic mass is 9.98. The number of hydrogen-bond donors (Lipinski definition) is 1. The van der Waals surface area contributed by atoms with Gasteiger partial charge in [0, 0.05) is 43.3 Å². The molecule has 3 heteroatoms. The largest absolute Gasteiger partial charge is 0.311 e. The summed E-state index contributed by atoms with van der Waals surface area (Å²) in [5.41, 5.74) is 0.518. The molecule has 1 N–H and O–H groups in total. The summed E-state index contributed by atoms with van der Waals surface area (Å²) in [4.78, 5) is 5.08. The first-order chi connectivity index (χ1) is 7.62. The second-order valence-electron chi connectivity index (χ2n) is 7.18. The summed E-state index contributed by atoms with van der Waals surface area (Å²) in [5.74, 6) is 0. The molecule has 1 aliphatic heterocycles. The highest BCUT2D eigenvalue weighted by molar-refractivity contribution is 4.90. The lowest BCUT2D eigenvalue weighted by Crippen LogP contribution is -2.61. The molecular formula is C14H31N3. The van der Waals surface area contributed by atoms with Gasteiger partial charge in [0.1, 0.15) is 0 Å². The van der Waals surface area contributed by atoms with E-state index in [2.05, 4.69) is 63.7 Å². The van der Waals surface area contributed by atoms with Crippen molar-refractivity contribution in [2.45, 2.75) is 58.7 Å². The Hall–Kier alpha value is -0.120. The molecule has 0 spiro atoms. The van der Waals surface area contributed by atoms with E-state index < -0.39 is 0 Å². The lowest BCUT2D eigenvalue weighted by Gasteiger charge is -2.47. The maximum absolute atomic E-state index is 3.60. The van der Waals surface area contributed by atoms with Crippen molar-refractivity contribution < 1.29 is 0 Å². The number of likely N-dealkylation sites (N-methyl/N-ethyl adjacent to an activating group) is 1. The molecule has 0 bridgehead atoms. The van der Waals surface area contributed by atoms with E-state index >= 15 is 0 Å². The van der Waals surface area contributed by atoms with Crippen LogP contribution >= 0.6 is 0 Å². The van der Waals surface area contributed by atoms with Crippen LogP contribution in [0.15, 0.2) is 0 Å². The summed E-state index contributed by atoms with van der Waals surface area (Å²) in [5, 5.41) is 3.60. The van der Waals surface area contributed by atoms with Crippen LogP contribution in [-0.2, 0) is 0 Å². The first-order valence-electron chi connectivity index (χ1n) is 6.82. The van der Waals surface area contributed by atoms with Gasteiger partial charge in [-0.05, 0) is 48.6 Å². The highest BCUT2D eigenvalue weighted by Crippen LogP contribution is 2.20. The molecule has 1 rings (SSSR count). The molecule has 102 valence electrons. The van der Waals surface area contributed by atoms with E-state index in [-0.39, 0.29) is 5.54 Å². The summed E-state index contributed by atoms with van der Waals surface area (Å²) < 4.78 is 0. The van der Waals surface area contributed by atoms with Crippen LogP contribution in [0, 0.1) is 0 Å². The van der Waals surface area contributed by atoms with Crippen LogP contribution in [0.25, 0.3) is 0 Å². The first-order valence-corrected chi connectivity index (χ1v) is 6.82. The fourth-order valence-corrected chi connectivity index (χ4v) is 2.24. The zero-order valence-corrected chi connectivity index (χ0v) is 12.8. The van der Waals surface area contributed by atoms with Crippen LogP contribution in [0.1, 0.15) is 41.5 Å². The third-order valence-corrected chi connectivity index (χ3v) is 3.90. The summed E-state index contributed by atoms with van der Waals surface area (Å²) in [6.45, 7) is 18.3. The molecule has 1 atom stereocenters. The monoisotopic (exact) mass is 241 g/mol. The lowest BCUT2D eigenvalue weighted by molar-refractivity contribution is 0.0196. The highest BCUT2D eigenvalue weighted by atomic mass is 15.3. The third-order valence-electron chi connectivity index (χ3n) is 3.90. The summed E-state index contributed by atoms with van der Waals surface area (Å²) in [7, 11) is 2.23. The molecular weight excluding hydrogens is 210 g/mol. The van der Waals surface area contributed by atoms with E-state index in [4.69, 9.17) is 0 Å². The second kappa shape index (κ2) is 5.25. The quantitative estimate of drug-likeness (QED) is 0.813. The number of rotatable bonds is 3.